The van der Waals surface area contributed by atoms with Crippen molar-refractivity contribution >= 4 is 5.97 Å². The molecule has 0 unspecified atom stereocenters. The third kappa shape index (κ3) is 2.56. The van der Waals surface area contributed by atoms with Crippen LogP contribution in [0.1, 0.15) is 20.3 Å². The number of carboxylic acid groups (broad SMARTS) is 1. The molecular formula is C7H9F3O2. The van der Waals surface area contributed by atoms with Gasteiger partial charge in [-0.25, -0.2) is 4.79 Å². The normalized spacial score (nSPS) is 14.1. The van der Waals surface area contributed by atoms with Crippen molar-refractivity contribution in [3.63, 3.8) is 0 Å². The van der Waals surface area contributed by atoms with E-state index in [2.05, 4.69) is 0 Å². The lowest BCUT2D eigenvalue weighted by Crippen LogP contribution is -2.21. The quantitative estimate of drug-likeness (QED) is 0.665. The van der Waals surface area contributed by atoms with Gasteiger partial charge in [0, 0.05) is 0 Å². The summed E-state index contributed by atoms with van der Waals surface area (Å²) in [5.41, 5.74) is -1.61. The molecule has 1 N–H and O–H groups in total. The van der Waals surface area contributed by atoms with Crippen LogP contribution in [0.25, 0.3) is 0 Å². The molecule has 12 heavy (non-hydrogen) atoms. The maximum atomic E-state index is 12.0. The number of hydrogen-bond donors (Lipinski definition) is 1. The third-order valence-corrected chi connectivity index (χ3v) is 1.45. The van der Waals surface area contributed by atoms with Crippen LogP contribution in [0.5, 0.6) is 0 Å². The maximum absolute atomic E-state index is 12.0. The number of hydrogen-bond acceptors (Lipinski definition) is 1. The van der Waals surface area contributed by atoms with Crippen molar-refractivity contribution in [3.05, 3.63) is 11.1 Å². The molecular weight excluding hydrogens is 173 g/mol. The molecule has 0 spiro atoms. The van der Waals surface area contributed by atoms with Gasteiger partial charge in [0.05, 0.1) is 0 Å². The molecule has 0 aliphatic rings. The molecule has 5 heteroatoms. The molecule has 0 aromatic rings. The van der Waals surface area contributed by atoms with Crippen molar-refractivity contribution in [3.8, 4) is 0 Å². The first-order chi connectivity index (χ1) is 5.30. The minimum absolute atomic E-state index is 0.0845. The molecule has 70 valence electrons. The zero-order valence-corrected chi connectivity index (χ0v) is 6.70. The van der Waals surface area contributed by atoms with Gasteiger partial charge in [0.2, 0.25) is 0 Å². The van der Waals surface area contributed by atoms with Gasteiger partial charge < -0.3 is 5.11 Å². The Kier molecular flexibility index (Phi) is 3.30. The summed E-state index contributed by atoms with van der Waals surface area (Å²) in [6, 6.07) is 0. The second-order valence-electron chi connectivity index (χ2n) is 2.31. The number of alkyl halides is 3. The number of allylic oxidation sites excluding steroid dienone is 1. The summed E-state index contributed by atoms with van der Waals surface area (Å²) in [4.78, 5) is 10.2. The SMILES string of the molecule is CC/C(C)=C(\C(=O)O)C(F)(F)F. The third-order valence-electron chi connectivity index (χ3n) is 1.45. The predicted molar refractivity (Wildman–Crippen MR) is 36.7 cm³/mol. The van der Waals surface area contributed by atoms with Crippen molar-refractivity contribution in [2.45, 2.75) is 26.4 Å². The van der Waals surface area contributed by atoms with E-state index in [1.54, 1.807) is 0 Å². The van der Waals surface area contributed by atoms with Crippen molar-refractivity contribution in [1.29, 1.82) is 0 Å². The minimum atomic E-state index is -4.76. The van der Waals surface area contributed by atoms with Crippen molar-refractivity contribution in [2.24, 2.45) is 0 Å². The Morgan fingerprint density at radius 1 is 1.42 bits per heavy atom. The lowest BCUT2D eigenvalue weighted by molar-refractivity contribution is -0.145. The summed E-state index contributed by atoms with van der Waals surface area (Å²) < 4.78 is 35.9. The minimum Gasteiger partial charge on any atom is -0.478 e. The fourth-order valence-corrected chi connectivity index (χ4v) is 0.723. The Balaban J connectivity index is 5.07. The Morgan fingerprint density at radius 2 is 1.83 bits per heavy atom. The molecule has 0 radical (unpaired) electrons. The summed E-state index contributed by atoms with van der Waals surface area (Å²) >= 11 is 0. The van der Waals surface area contributed by atoms with Crippen molar-refractivity contribution in [1.82, 2.24) is 0 Å². The van der Waals surface area contributed by atoms with Crippen LogP contribution in [0, 0.1) is 0 Å². The van der Waals surface area contributed by atoms with Crippen LogP contribution in [0.15, 0.2) is 11.1 Å². The van der Waals surface area contributed by atoms with Crippen LogP contribution < -0.4 is 0 Å². The first-order valence-corrected chi connectivity index (χ1v) is 3.31. The van der Waals surface area contributed by atoms with Gasteiger partial charge in [-0.15, -0.1) is 0 Å². The highest BCUT2D eigenvalue weighted by molar-refractivity contribution is 5.88. The van der Waals surface area contributed by atoms with Crippen LogP contribution in [0.2, 0.25) is 0 Å². The summed E-state index contributed by atoms with van der Waals surface area (Å²) in [5, 5.41) is 8.23. The average Bonchev–Trinajstić information content (AvgIpc) is 1.83. The average molecular weight is 182 g/mol. The molecule has 0 aliphatic carbocycles. The molecule has 0 rings (SSSR count). The summed E-state index contributed by atoms with van der Waals surface area (Å²) in [6.45, 7) is 2.64. The summed E-state index contributed by atoms with van der Waals surface area (Å²) in [6.07, 6.45) is -4.67. The standard InChI is InChI=1S/C7H9F3O2/c1-3-4(2)5(6(11)12)7(8,9)10/h3H2,1-2H3,(H,11,12)/b5-4+. The van der Waals surface area contributed by atoms with E-state index in [-0.39, 0.29) is 12.0 Å². The van der Waals surface area contributed by atoms with E-state index in [1.165, 1.54) is 6.92 Å². The van der Waals surface area contributed by atoms with Crippen LogP contribution in [-0.2, 0) is 4.79 Å². The molecule has 0 saturated carbocycles. The fourth-order valence-electron chi connectivity index (χ4n) is 0.723. The Hall–Kier alpha value is -1.00. The molecule has 0 heterocycles. The Labute approximate surface area is 67.7 Å². The molecule has 0 atom stereocenters. The lowest BCUT2D eigenvalue weighted by Gasteiger charge is -2.09. The van der Waals surface area contributed by atoms with E-state index < -0.39 is 17.7 Å². The number of carbonyl (C=O) groups is 1. The van der Waals surface area contributed by atoms with Gasteiger partial charge >= 0.3 is 12.1 Å². The molecule has 0 aromatic heterocycles. The van der Waals surface area contributed by atoms with E-state index in [9.17, 15) is 18.0 Å². The molecule has 0 saturated heterocycles. The maximum Gasteiger partial charge on any atom is 0.423 e. The van der Waals surface area contributed by atoms with Gasteiger partial charge in [-0.3, -0.25) is 0 Å². The number of carboxylic acids is 1. The highest BCUT2D eigenvalue weighted by Crippen LogP contribution is 2.29. The molecule has 0 fully saturated rings. The molecule has 0 bridgehead atoms. The Morgan fingerprint density at radius 3 is 1.92 bits per heavy atom. The van der Waals surface area contributed by atoms with Gasteiger partial charge in [-0.1, -0.05) is 12.5 Å². The second kappa shape index (κ2) is 3.60. The highest BCUT2D eigenvalue weighted by atomic mass is 19.4. The first kappa shape index (κ1) is 11.0. The van der Waals surface area contributed by atoms with Gasteiger partial charge in [0.25, 0.3) is 0 Å². The van der Waals surface area contributed by atoms with E-state index >= 15 is 0 Å². The van der Waals surface area contributed by atoms with Crippen LogP contribution in [-0.4, -0.2) is 17.3 Å². The largest absolute Gasteiger partial charge is 0.478 e. The van der Waals surface area contributed by atoms with Gasteiger partial charge in [-0.05, 0) is 13.3 Å². The van der Waals surface area contributed by atoms with Crippen LogP contribution in [0.4, 0.5) is 13.2 Å². The lowest BCUT2D eigenvalue weighted by atomic mass is 10.1. The molecule has 0 amide bonds. The van der Waals surface area contributed by atoms with Crippen LogP contribution >= 0.6 is 0 Å². The highest BCUT2D eigenvalue weighted by Gasteiger charge is 2.39. The number of aliphatic carboxylic acids is 1. The van der Waals surface area contributed by atoms with Gasteiger partial charge in [0.1, 0.15) is 5.57 Å². The van der Waals surface area contributed by atoms with E-state index in [1.807, 2.05) is 0 Å². The smallest absolute Gasteiger partial charge is 0.423 e. The molecule has 0 aliphatic heterocycles. The van der Waals surface area contributed by atoms with Crippen molar-refractivity contribution < 1.29 is 23.1 Å². The zero-order valence-electron chi connectivity index (χ0n) is 6.70. The topological polar surface area (TPSA) is 37.3 Å². The van der Waals surface area contributed by atoms with Crippen molar-refractivity contribution in [2.75, 3.05) is 0 Å². The van der Waals surface area contributed by atoms with Crippen LogP contribution in [0.3, 0.4) is 0 Å². The zero-order chi connectivity index (χ0) is 9.94. The van der Waals surface area contributed by atoms with E-state index in [4.69, 9.17) is 5.11 Å². The fraction of sp³-hybridized carbons (Fsp3) is 0.571. The Bertz CT molecular complexity index is 215. The van der Waals surface area contributed by atoms with E-state index in [0.29, 0.717) is 0 Å². The second-order valence-corrected chi connectivity index (χ2v) is 2.31. The number of halogens is 3. The predicted octanol–water partition coefficient (Wildman–Crippen LogP) is 2.36. The number of rotatable bonds is 2. The van der Waals surface area contributed by atoms with E-state index in [0.717, 1.165) is 6.92 Å². The monoisotopic (exact) mass is 182 g/mol. The summed E-state index contributed by atoms with van der Waals surface area (Å²) in [7, 11) is 0. The molecule has 2 nitrogen and oxygen atoms in total. The van der Waals surface area contributed by atoms with Gasteiger partial charge in [0.15, 0.2) is 0 Å². The summed E-state index contributed by atoms with van der Waals surface area (Å²) in [5.74, 6) is -1.91. The molecule has 0 aromatic carbocycles. The van der Waals surface area contributed by atoms with Gasteiger partial charge in [-0.2, -0.15) is 13.2 Å². The first-order valence-electron chi connectivity index (χ1n) is 3.31.